The van der Waals surface area contributed by atoms with E-state index >= 15 is 0 Å². The number of hydrogen-bond donors (Lipinski definition) is 3. The number of nitrogens with zero attached hydrogens (tertiary/aromatic N) is 1. The first-order chi connectivity index (χ1) is 8.69. The molecule has 0 radical (unpaired) electrons. The Morgan fingerprint density at radius 1 is 1.17 bits per heavy atom. The lowest BCUT2D eigenvalue weighted by Gasteiger charge is -2.02. The van der Waals surface area contributed by atoms with E-state index in [1.54, 1.807) is 13.3 Å². The topological polar surface area (TPSA) is 87.6 Å². The molecule has 0 saturated carbocycles. The fraction of sp³-hybridized carbons (Fsp3) is 0.0769. The number of ether oxygens (including phenoxy) is 1. The van der Waals surface area contributed by atoms with Gasteiger partial charge in [0.25, 0.3) is 5.96 Å². The molecule has 5 nitrogen and oxygen atoms in total. The molecule has 18 heavy (non-hydrogen) atoms. The van der Waals surface area contributed by atoms with Gasteiger partial charge in [-0.25, -0.2) is 0 Å². The van der Waals surface area contributed by atoms with Crippen molar-refractivity contribution in [3.05, 3.63) is 42.0 Å². The van der Waals surface area contributed by atoms with Gasteiger partial charge in [0.1, 0.15) is 5.75 Å². The van der Waals surface area contributed by atoms with E-state index in [-0.39, 0.29) is 5.96 Å². The summed E-state index contributed by atoms with van der Waals surface area (Å²) in [4.78, 5) is 0. The van der Waals surface area contributed by atoms with Crippen LogP contribution in [0.5, 0.6) is 5.75 Å². The summed E-state index contributed by atoms with van der Waals surface area (Å²) in [5, 5.41) is 8.59. The number of benzene rings is 2. The van der Waals surface area contributed by atoms with Gasteiger partial charge in [-0.05, 0) is 35.0 Å². The highest BCUT2D eigenvalue weighted by Gasteiger charge is 1.99. The fourth-order valence-electron chi connectivity index (χ4n) is 1.64. The second-order valence-corrected chi connectivity index (χ2v) is 3.78. The predicted octanol–water partition coefficient (Wildman–Crippen LogP) is -0.464. The van der Waals surface area contributed by atoms with Crippen LogP contribution in [0, 0.1) is 0 Å². The van der Waals surface area contributed by atoms with Crippen LogP contribution in [0.3, 0.4) is 0 Å². The van der Waals surface area contributed by atoms with Crippen LogP contribution in [0.4, 0.5) is 0 Å². The highest BCUT2D eigenvalue weighted by atomic mass is 16.5. The Hall–Kier alpha value is -2.56. The zero-order valence-electron chi connectivity index (χ0n) is 10.1. The maximum Gasteiger partial charge on any atom is 0.256 e. The van der Waals surface area contributed by atoms with Crippen molar-refractivity contribution in [3.8, 4) is 5.75 Å². The second-order valence-electron chi connectivity index (χ2n) is 3.78. The standard InChI is InChI=1S/C13H14N4O/c1-18-12-5-4-10-6-9(2-3-11(10)7-12)8-16-17-13(14)15/h2-8H,1H3,(H4,14,15,17)/p+1/b16-8+. The molecule has 92 valence electrons. The Kier molecular flexibility index (Phi) is 3.43. The van der Waals surface area contributed by atoms with Crippen LogP contribution in [-0.2, 0) is 0 Å². The second kappa shape index (κ2) is 5.18. The molecule has 0 atom stereocenters. The van der Waals surface area contributed by atoms with Crippen LogP contribution in [-0.4, -0.2) is 19.3 Å². The van der Waals surface area contributed by atoms with E-state index in [0.29, 0.717) is 0 Å². The maximum absolute atomic E-state index is 5.21. The van der Waals surface area contributed by atoms with Crippen LogP contribution in [0.25, 0.3) is 10.8 Å². The van der Waals surface area contributed by atoms with Crippen LogP contribution >= 0.6 is 0 Å². The summed E-state index contributed by atoms with van der Waals surface area (Å²) in [6.07, 6.45) is 1.73. The molecule has 2 rings (SSSR count). The molecule has 0 amide bonds. The van der Waals surface area contributed by atoms with Gasteiger partial charge in [0, 0.05) is 10.7 Å². The zero-order chi connectivity index (χ0) is 13.0. The molecular formula is C13H15N4O+. The fourth-order valence-corrected chi connectivity index (χ4v) is 1.64. The zero-order valence-corrected chi connectivity index (χ0v) is 10.1. The van der Waals surface area contributed by atoms with Crippen molar-refractivity contribution in [1.29, 1.82) is 0 Å². The van der Waals surface area contributed by atoms with E-state index in [1.807, 2.05) is 36.4 Å². The van der Waals surface area contributed by atoms with E-state index in [2.05, 4.69) is 10.2 Å². The van der Waals surface area contributed by atoms with Gasteiger partial charge < -0.3 is 16.2 Å². The summed E-state index contributed by atoms with van der Waals surface area (Å²) < 4.78 is 5.18. The van der Waals surface area contributed by atoms with Crippen molar-refractivity contribution < 1.29 is 9.84 Å². The van der Waals surface area contributed by atoms with Crippen LogP contribution in [0.1, 0.15) is 5.56 Å². The minimum absolute atomic E-state index is 0.00299. The lowest BCUT2D eigenvalue weighted by molar-refractivity contribution is -0.456. The van der Waals surface area contributed by atoms with Crippen molar-refractivity contribution in [3.63, 3.8) is 0 Å². The molecule has 0 aliphatic heterocycles. The minimum Gasteiger partial charge on any atom is -0.497 e. The third-order valence-electron chi connectivity index (χ3n) is 2.50. The quantitative estimate of drug-likeness (QED) is 0.387. The number of rotatable bonds is 3. The smallest absolute Gasteiger partial charge is 0.256 e. The number of nitrogens with one attached hydrogen (secondary N) is 1. The predicted molar refractivity (Wildman–Crippen MR) is 72.4 cm³/mol. The molecule has 2 aromatic carbocycles. The molecule has 0 spiro atoms. The molecule has 0 aliphatic rings. The molecule has 2 aromatic rings. The Bertz CT molecular complexity index is 615. The summed E-state index contributed by atoms with van der Waals surface area (Å²) >= 11 is 0. The van der Waals surface area contributed by atoms with Gasteiger partial charge in [-0.1, -0.05) is 12.1 Å². The highest BCUT2D eigenvalue weighted by molar-refractivity contribution is 5.89. The number of methoxy groups -OCH3 is 1. The van der Waals surface area contributed by atoms with E-state index in [0.717, 1.165) is 22.1 Å². The third-order valence-corrected chi connectivity index (χ3v) is 2.50. The van der Waals surface area contributed by atoms with Crippen LogP contribution in [0.15, 0.2) is 41.5 Å². The first-order valence-corrected chi connectivity index (χ1v) is 5.44. The lowest BCUT2D eigenvalue weighted by Crippen LogP contribution is -2.63. The average molecular weight is 243 g/mol. The lowest BCUT2D eigenvalue weighted by atomic mass is 10.1. The monoisotopic (exact) mass is 243 g/mol. The van der Waals surface area contributed by atoms with Gasteiger partial charge in [-0.3, -0.25) is 0 Å². The number of guanidine groups is 1. The summed E-state index contributed by atoms with van der Waals surface area (Å²) in [6.45, 7) is 0. The summed E-state index contributed by atoms with van der Waals surface area (Å²) in [5.74, 6) is 0.842. The largest absolute Gasteiger partial charge is 0.497 e. The van der Waals surface area contributed by atoms with Gasteiger partial charge in [-0.15, -0.1) is 5.10 Å². The first kappa shape index (κ1) is 11.9. The Morgan fingerprint density at radius 2 is 1.89 bits per heavy atom. The third kappa shape index (κ3) is 2.76. The van der Waals surface area contributed by atoms with E-state index in [9.17, 15) is 0 Å². The summed E-state index contributed by atoms with van der Waals surface area (Å²) in [7, 11) is 1.66. The maximum atomic E-state index is 5.21. The molecule has 0 saturated heterocycles. The summed E-state index contributed by atoms with van der Waals surface area (Å²) in [5.41, 5.74) is 11.4. The Labute approximate surface area is 105 Å². The van der Waals surface area contributed by atoms with Crippen LogP contribution in [0.2, 0.25) is 0 Å². The van der Waals surface area contributed by atoms with E-state index in [1.165, 1.54) is 0 Å². The number of nitrogens with two attached hydrogens (primary N) is 2. The molecule has 0 aromatic heterocycles. The van der Waals surface area contributed by atoms with E-state index < -0.39 is 0 Å². The molecular weight excluding hydrogens is 228 g/mol. The van der Waals surface area contributed by atoms with Gasteiger partial charge in [-0.2, -0.15) is 0 Å². The molecule has 0 fully saturated rings. The minimum atomic E-state index is -0.00299. The number of fused-ring (bicyclic) bond motifs is 1. The van der Waals surface area contributed by atoms with Crippen molar-refractivity contribution in [2.45, 2.75) is 0 Å². The first-order valence-electron chi connectivity index (χ1n) is 5.44. The molecule has 0 unspecified atom stereocenters. The summed E-state index contributed by atoms with van der Waals surface area (Å²) in [6, 6.07) is 11.9. The number of hydrazone groups is 1. The van der Waals surface area contributed by atoms with Gasteiger partial charge in [0.2, 0.25) is 6.21 Å². The van der Waals surface area contributed by atoms with Crippen molar-refractivity contribution in [1.82, 2.24) is 0 Å². The van der Waals surface area contributed by atoms with Crippen molar-refractivity contribution in [2.24, 2.45) is 16.6 Å². The number of hydrogen-bond acceptors (Lipinski definition) is 2. The van der Waals surface area contributed by atoms with Gasteiger partial charge >= 0.3 is 0 Å². The molecule has 0 heterocycles. The van der Waals surface area contributed by atoms with Gasteiger partial charge in [0.05, 0.1) is 7.11 Å². The van der Waals surface area contributed by atoms with Crippen LogP contribution < -0.4 is 21.3 Å². The Morgan fingerprint density at radius 3 is 2.61 bits per heavy atom. The van der Waals surface area contributed by atoms with E-state index in [4.69, 9.17) is 16.2 Å². The van der Waals surface area contributed by atoms with Gasteiger partial charge in [0.15, 0.2) is 0 Å². The SMILES string of the molecule is COc1ccc2cc(/C=[NH+]/N=C(N)N)ccc2c1. The van der Waals surface area contributed by atoms with Crippen molar-refractivity contribution in [2.75, 3.05) is 7.11 Å². The molecule has 5 N–H and O–H groups in total. The molecule has 0 aliphatic carbocycles. The molecule has 0 bridgehead atoms. The molecule has 5 heteroatoms. The Balaban J connectivity index is 2.33. The highest BCUT2D eigenvalue weighted by Crippen LogP contribution is 2.21. The average Bonchev–Trinajstić information content (AvgIpc) is 2.37. The van der Waals surface area contributed by atoms with Crippen molar-refractivity contribution >= 4 is 22.9 Å². The normalized spacial score (nSPS) is 10.7.